The summed E-state index contributed by atoms with van der Waals surface area (Å²) in [4.78, 5) is 18.1. The Hall–Kier alpha value is -2.35. The lowest BCUT2D eigenvalue weighted by molar-refractivity contribution is -0.134. The number of hydrogen-bond acceptors (Lipinski definition) is 4. The highest BCUT2D eigenvalue weighted by molar-refractivity contribution is 5.88. The predicted octanol–water partition coefficient (Wildman–Crippen LogP) is 2.40. The fraction of sp³-hybridized carbons (Fsp3) is 0.400. The molecule has 0 unspecified atom stereocenters. The van der Waals surface area contributed by atoms with Gasteiger partial charge in [-0.15, -0.1) is 0 Å². The molecular weight excluding hydrogens is 254 g/mol. The molecule has 1 aliphatic rings. The third-order valence-corrected chi connectivity index (χ3v) is 3.70. The van der Waals surface area contributed by atoms with Gasteiger partial charge in [-0.1, -0.05) is 6.07 Å². The number of oxazole rings is 1. The molecule has 1 saturated carbocycles. The SMILES string of the molecule is Cc1nc2ccc(CN(C)C(=O)C3(C#N)CC3)cc2o1. The van der Waals surface area contributed by atoms with Gasteiger partial charge in [0.2, 0.25) is 5.91 Å². The zero-order chi connectivity index (χ0) is 14.3. The highest BCUT2D eigenvalue weighted by Gasteiger charge is 2.51. The van der Waals surface area contributed by atoms with Crippen molar-refractivity contribution in [2.75, 3.05) is 7.05 Å². The number of carbonyl (C=O) groups excluding carboxylic acids is 1. The van der Waals surface area contributed by atoms with Gasteiger partial charge in [0.15, 0.2) is 11.5 Å². The van der Waals surface area contributed by atoms with Crippen molar-refractivity contribution in [2.45, 2.75) is 26.3 Å². The van der Waals surface area contributed by atoms with Crippen LogP contribution in [-0.2, 0) is 11.3 Å². The second-order valence-corrected chi connectivity index (χ2v) is 5.39. The van der Waals surface area contributed by atoms with Crippen LogP contribution >= 0.6 is 0 Å². The third kappa shape index (κ3) is 2.03. The van der Waals surface area contributed by atoms with Gasteiger partial charge in [-0.3, -0.25) is 4.79 Å². The first-order valence-electron chi connectivity index (χ1n) is 6.57. The molecule has 0 bridgehead atoms. The van der Waals surface area contributed by atoms with Crippen LogP contribution in [-0.4, -0.2) is 22.8 Å². The quantitative estimate of drug-likeness (QED) is 0.857. The summed E-state index contributed by atoms with van der Waals surface area (Å²) in [5, 5.41) is 9.07. The average molecular weight is 269 g/mol. The van der Waals surface area contributed by atoms with Crippen molar-refractivity contribution in [3.05, 3.63) is 29.7 Å². The highest BCUT2D eigenvalue weighted by atomic mass is 16.3. The van der Waals surface area contributed by atoms with Gasteiger partial charge in [-0.25, -0.2) is 4.98 Å². The van der Waals surface area contributed by atoms with Gasteiger partial charge in [0, 0.05) is 20.5 Å². The number of fused-ring (bicyclic) bond motifs is 1. The van der Waals surface area contributed by atoms with Crippen molar-refractivity contribution in [3.8, 4) is 6.07 Å². The molecule has 1 heterocycles. The first-order valence-corrected chi connectivity index (χ1v) is 6.57. The van der Waals surface area contributed by atoms with Gasteiger partial charge >= 0.3 is 0 Å². The maximum Gasteiger partial charge on any atom is 0.243 e. The Labute approximate surface area is 116 Å². The molecule has 1 aromatic carbocycles. The van der Waals surface area contributed by atoms with Crippen LogP contribution in [0.25, 0.3) is 11.1 Å². The number of amides is 1. The molecule has 0 radical (unpaired) electrons. The fourth-order valence-electron chi connectivity index (χ4n) is 2.39. The van der Waals surface area contributed by atoms with E-state index in [2.05, 4.69) is 11.1 Å². The molecule has 1 aromatic heterocycles. The number of carbonyl (C=O) groups is 1. The van der Waals surface area contributed by atoms with Gasteiger partial charge in [-0.2, -0.15) is 5.26 Å². The average Bonchev–Trinajstić information content (AvgIpc) is 3.14. The van der Waals surface area contributed by atoms with E-state index < -0.39 is 5.41 Å². The summed E-state index contributed by atoms with van der Waals surface area (Å²) >= 11 is 0. The summed E-state index contributed by atoms with van der Waals surface area (Å²) in [6, 6.07) is 7.84. The minimum absolute atomic E-state index is 0.0890. The van der Waals surface area contributed by atoms with Gasteiger partial charge in [-0.05, 0) is 30.5 Å². The van der Waals surface area contributed by atoms with Crippen molar-refractivity contribution in [2.24, 2.45) is 5.41 Å². The number of aryl methyl sites for hydroxylation is 1. The van der Waals surface area contributed by atoms with Crippen LogP contribution in [0.3, 0.4) is 0 Å². The third-order valence-electron chi connectivity index (χ3n) is 3.70. The van der Waals surface area contributed by atoms with E-state index in [0.717, 1.165) is 16.7 Å². The zero-order valence-electron chi connectivity index (χ0n) is 11.5. The summed E-state index contributed by atoms with van der Waals surface area (Å²) in [5.41, 5.74) is 1.75. The van der Waals surface area contributed by atoms with Gasteiger partial charge in [0.05, 0.1) is 6.07 Å². The molecule has 102 valence electrons. The molecule has 5 heteroatoms. The molecule has 0 aliphatic heterocycles. The summed E-state index contributed by atoms with van der Waals surface area (Å²) in [7, 11) is 1.73. The van der Waals surface area contributed by atoms with Crippen molar-refractivity contribution in [3.63, 3.8) is 0 Å². The molecular formula is C15H15N3O2. The molecule has 0 spiro atoms. The highest BCUT2D eigenvalue weighted by Crippen LogP contribution is 2.46. The van der Waals surface area contributed by atoms with E-state index >= 15 is 0 Å². The second-order valence-electron chi connectivity index (χ2n) is 5.39. The Bertz CT molecular complexity index is 722. The predicted molar refractivity (Wildman–Crippen MR) is 72.5 cm³/mol. The topological polar surface area (TPSA) is 70.1 Å². The Balaban J connectivity index is 1.79. The largest absolute Gasteiger partial charge is 0.441 e. The van der Waals surface area contributed by atoms with E-state index in [1.54, 1.807) is 18.9 Å². The molecule has 1 amide bonds. The van der Waals surface area contributed by atoms with Crippen molar-refractivity contribution < 1.29 is 9.21 Å². The number of rotatable bonds is 3. The molecule has 3 rings (SSSR count). The summed E-state index contributed by atoms with van der Waals surface area (Å²) in [6.07, 6.45) is 1.35. The van der Waals surface area contributed by atoms with Crippen molar-refractivity contribution >= 4 is 17.0 Å². The van der Waals surface area contributed by atoms with Crippen molar-refractivity contribution in [1.82, 2.24) is 9.88 Å². The van der Waals surface area contributed by atoms with Crippen LogP contribution < -0.4 is 0 Å². The molecule has 20 heavy (non-hydrogen) atoms. The van der Waals surface area contributed by atoms with Crippen molar-refractivity contribution in [1.29, 1.82) is 5.26 Å². The van der Waals surface area contributed by atoms with Crippen LogP contribution in [0.15, 0.2) is 22.6 Å². The lowest BCUT2D eigenvalue weighted by Crippen LogP contribution is -2.32. The minimum atomic E-state index is -0.762. The summed E-state index contributed by atoms with van der Waals surface area (Å²) in [5.74, 6) is 0.539. The Kier molecular flexibility index (Phi) is 2.75. The van der Waals surface area contributed by atoms with Crippen LogP contribution in [0, 0.1) is 23.7 Å². The maximum absolute atomic E-state index is 12.2. The second kappa shape index (κ2) is 4.34. The Morgan fingerprint density at radius 2 is 2.30 bits per heavy atom. The van der Waals surface area contributed by atoms with E-state index in [1.807, 2.05) is 18.2 Å². The van der Waals surface area contributed by atoms with Gasteiger partial charge in [0.1, 0.15) is 10.9 Å². The van der Waals surface area contributed by atoms with E-state index in [1.165, 1.54) is 0 Å². The van der Waals surface area contributed by atoms with Crippen LogP contribution in [0.4, 0.5) is 0 Å². The van der Waals surface area contributed by atoms with E-state index in [0.29, 0.717) is 25.3 Å². The van der Waals surface area contributed by atoms with Gasteiger partial charge < -0.3 is 9.32 Å². The lowest BCUT2D eigenvalue weighted by atomic mass is 10.1. The molecule has 0 N–H and O–H groups in total. The molecule has 1 aliphatic carbocycles. The number of benzene rings is 1. The lowest BCUT2D eigenvalue weighted by Gasteiger charge is -2.19. The normalized spacial score (nSPS) is 15.8. The molecule has 0 atom stereocenters. The Morgan fingerprint density at radius 3 is 2.95 bits per heavy atom. The zero-order valence-corrected chi connectivity index (χ0v) is 11.5. The Morgan fingerprint density at radius 1 is 1.55 bits per heavy atom. The first-order chi connectivity index (χ1) is 9.54. The maximum atomic E-state index is 12.2. The molecule has 2 aromatic rings. The van der Waals surface area contributed by atoms with Gasteiger partial charge in [0.25, 0.3) is 0 Å². The van der Waals surface area contributed by atoms with E-state index in [-0.39, 0.29) is 5.91 Å². The van der Waals surface area contributed by atoms with E-state index in [4.69, 9.17) is 9.68 Å². The number of hydrogen-bond donors (Lipinski definition) is 0. The summed E-state index contributed by atoms with van der Waals surface area (Å²) in [6.45, 7) is 2.27. The van der Waals surface area contributed by atoms with Crippen LogP contribution in [0.5, 0.6) is 0 Å². The van der Waals surface area contributed by atoms with Crippen LogP contribution in [0.2, 0.25) is 0 Å². The first kappa shape index (κ1) is 12.7. The molecule has 0 saturated heterocycles. The molecule has 1 fully saturated rings. The smallest absolute Gasteiger partial charge is 0.243 e. The number of nitrogens with zero attached hydrogens (tertiary/aromatic N) is 3. The summed E-state index contributed by atoms with van der Waals surface area (Å²) < 4.78 is 5.48. The minimum Gasteiger partial charge on any atom is -0.441 e. The van der Waals surface area contributed by atoms with Crippen LogP contribution in [0.1, 0.15) is 24.3 Å². The number of aromatic nitrogens is 1. The fourth-order valence-corrected chi connectivity index (χ4v) is 2.39. The molecule has 5 nitrogen and oxygen atoms in total. The number of nitriles is 1. The van der Waals surface area contributed by atoms with E-state index in [9.17, 15) is 4.79 Å². The standard InChI is InChI=1S/C15H15N3O2/c1-10-17-12-4-3-11(7-13(12)20-10)8-18(2)14(19)15(9-16)5-6-15/h3-4,7H,5-6,8H2,1-2H3. The monoisotopic (exact) mass is 269 g/mol.